The Morgan fingerprint density at radius 3 is 2.60 bits per heavy atom. The summed E-state index contributed by atoms with van der Waals surface area (Å²) in [5, 5.41) is 1.29. The molecular weight excluding hydrogens is 184 g/mol. The minimum absolute atomic E-state index is 0.133. The van der Waals surface area contributed by atoms with Gasteiger partial charge < -0.3 is 4.57 Å². The second-order valence-corrected chi connectivity index (χ2v) is 4.90. The maximum absolute atomic E-state index is 4.41. The molecule has 0 bridgehead atoms. The van der Waals surface area contributed by atoms with E-state index in [1.165, 1.54) is 16.6 Å². The van der Waals surface area contributed by atoms with Gasteiger partial charge >= 0.3 is 0 Å². The highest BCUT2D eigenvalue weighted by Gasteiger charge is 2.15. The van der Waals surface area contributed by atoms with Crippen molar-refractivity contribution in [3.8, 4) is 0 Å². The summed E-state index contributed by atoms with van der Waals surface area (Å²) in [7, 11) is 0. The number of rotatable bonds is 1. The van der Waals surface area contributed by atoms with Crippen LogP contribution in [0.5, 0.6) is 0 Å². The van der Waals surface area contributed by atoms with Crippen molar-refractivity contribution in [2.45, 2.75) is 39.7 Å². The van der Waals surface area contributed by atoms with E-state index in [-0.39, 0.29) is 5.54 Å². The molecule has 2 aromatic rings. The minimum Gasteiger partial charge on any atom is -0.342 e. The zero-order valence-electron chi connectivity index (χ0n) is 9.91. The molecule has 0 radical (unpaired) electrons. The van der Waals surface area contributed by atoms with E-state index in [1.807, 2.05) is 6.20 Å². The molecule has 80 valence electrons. The van der Waals surface area contributed by atoms with Gasteiger partial charge in [0, 0.05) is 29.0 Å². The Morgan fingerprint density at radius 2 is 2.00 bits per heavy atom. The van der Waals surface area contributed by atoms with Crippen LogP contribution in [0.2, 0.25) is 0 Å². The van der Waals surface area contributed by atoms with Gasteiger partial charge in [0.05, 0.1) is 5.52 Å². The van der Waals surface area contributed by atoms with Crippen molar-refractivity contribution in [3.05, 3.63) is 30.2 Å². The first-order valence-electron chi connectivity index (χ1n) is 5.49. The minimum atomic E-state index is 0.133. The quantitative estimate of drug-likeness (QED) is 0.693. The fourth-order valence-electron chi connectivity index (χ4n) is 1.99. The summed E-state index contributed by atoms with van der Waals surface area (Å²) in [6, 6.07) is 4.27. The van der Waals surface area contributed by atoms with Crippen molar-refractivity contribution < 1.29 is 0 Å². The van der Waals surface area contributed by atoms with E-state index in [1.54, 1.807) is 0 Å². The van der Waals surface area contributed by atoms with Gasteiger partial charge in [0.2, 0.25) is 0 Å². The lowest BCUT2D eigenvalue weighted by Crippen LogP contribution is -2.20. The summed E-state index contributed by atoms with van der Waals surface area (Å²) in [6.07, 6.45) is 5.06. The maximum atomic E-state index is 4.41. The van der Waals surface area contributed by atoms with Crippen LogP contribution >= 0.6 is 0 Å². The normalized spacial score (nSPS) is 12.3. The van der Waals surface area contributed by atoms with Crippen molar-refractivity contribution in [2.24, 2.45) is 0 Å². The third-order valence-electron chi connectivity index (χ3n) is 2.76. The Labute approximate surface area is 90.9 Å². The van der Waals surface area contributed by atoms with E-state index in [2.05, 4.69) is 55.6 Å². The van der Waals surface area contributed by atoms with Crippen molar-refractivity contribution in [3.63, 3.8) is 0 Å². The van der Waals surface area contributed by atoms with Crippen LogP contribution in [0.4, 0.5) is 0 Å². The Kier molecular flexibility index (Phi) is 2.29. The molecule has 0 aliphatic rings. The summed E-state index contributed by atoms with van der Waals surface area (Å²) < 4.78 is 2.31. The van der Waals surface area contributed by atoms with Gasteiger partial charge in [-0.25, -0.2) is 0 Å². The monoisotopic (exact) mass is 202 g/mol. The maximum Gasteiger partial charge on any atom is 0.0519 e. The van der Waals surface area contributed by atoms with Gasteiger partial charge in [0.15, 0.2) is 0 Å². The molecule has 0 amide bonds. The van der Waals surface area contributed by atoms with Crippen molar-refractivity contribution >= 4 is 10.9 Å². The Balaban J connectivity index is 2.72. The van der Waals surface area contributed by atoms with Crippen molar-refractivity contribution in [1.29, 1.82) is 0 Å². The van der Waals surface area contributed by atoms with E-state index in [0.717, 1.165) is 6.42 Å². The van der Waals surface area contributed by atoms with E-state index in [9.17, 15) is 0 Å². The largest absolute Gasteiger partial charge is 0.342 e. The molecule has 0 unspecified atom stereocenters. The molecule has 0 saturated heterocycles. The van der Waals surface area contributed by atoms with Gasteiger partial charge in [-0.05, 0) is 39.3 Å². The molecule has 2 aromatic heterocycles. The first kappa shape index (κ1) is 10.2. The number of aromatic nitrogens is 2. The van der Waals surface area contributed by atoms with E-state index < -0.39 is 0 Å². The highest BCUT2D eigenvalue weighted by Crippen LogP contribution is 2.25. The molecule has 0 atom stereocenters. The van der Waals surface area contributed by atoms with E-state index in [4.69, 9.17) is 0 Å². The topological polar surface area (TPSA) is 17.8 Å². The van der Waals surface area contributed by atoms with Crippen LogP contribution in [0.3, 0.4) is 0 Å². The van der Waals surface area contributed by atoms with E-state index >= 15 is 0 Å². The van der Waals surface area contributed by atoms with Crippen LogP contribution in [-0.2, 0) is 12.0 Å². The zero-order valence-corrected chi connectivity index (χ0v) is 9.91. The van der Waals surface area contributed by atoms with Gasteiger partial charge in [0.25, 0.3) is 0 Å². The fraction of sp³-hybridized carbons (Fsp3) is 0.462. The average molecular weight is 202 g/mol. The zero-order chi connectivity index (χ0) is 11.1. The van der Waals surface area contributed by atoms with Crippen LogP contribution in [-0.4, -0.2) is 9.55 Å². The molecule has 0 aromatic carbocycles. The van der Waals surface area contributed by atoms with Crippen LogP contribution in [0.1, 0.15) is 33.4 Å². The number of hydrogen-bond donors (Lipinski definition) is 0. The van der Waals surface area contributed by atoms with Crippen molar-refractivity contribution in [2.75, 3.05) is 0 Å². The summed E-state index contributed by atoms with van der Waals surface area (Å²) in [5.41, 5.74) is 2.61. The second kappa shape index (κ2) is 3.37. The molecule has 0 aliphatic carbocycles. The van der Waals surface area contributed by atoms with Crippen LogP contribution in [0, 0.1) is 0 Å². The summed E-state index contributed by atoms with van der Waals surface area (Å²) in [4.78, 5) is 4.41. The predicted octanol–water partition coefficient (Wildman–Crippen LogP) is 3.35. The van der Waals surface area contributed by atoms with Crippen molar-refractivity contribution in [1.82, 2.24) is 9.55 Å². The lowest BCUT2D eigenvalue weighted by molar-refractivity contribution is 0.411. The van der Waals surface area contributed by atoms with Gasteiger partial charge in [0.1, 0.15) is 0 Å². The first-order chi connectivity index (χ1) is 7.04. The molecule has 2 rings (SSSR count). The van der Waals surface area contributed by atoms with Gasteiger partial charge in [-0.1, -0.05) is 6.92 Å². The Morgan fingerprint density at radius 1 is 1.27 bits per heavy atom. The predicted molar refractivity (Wildman–Crippen MR) is 64.1 cm³/mol. The molecule has 0 fully saturated rings. The third kappa shape index (κ3) is 1.65. The van der Waals surface area contributed by atoms with Crippen LogP contribution < -0.4 is 0 Å². The third-order valence-corrected chi connectivity index (χ3v) is 2.76. The molecule has 2 heterocycles. The number of pyridine rings is 1. The summed E-state index contributed by atoms with van der Waals surface area (Å²) >= 11 is 0. The highest BCUT2D eigenvalue weighted by molar-refractivity contribution is 5.82. The number of aryl methyl sites for hydroxylation is 1. The van der Waals surface area contributed by atoms with Crippen LogP contribution in [0.15, 0.2) is 24.5 Å². The number of hydrogen-bond acceptors (Lipinski definition) is 1. The average Bonchev–Trinajstić information content (AvgIpc) is 2.59. The number of fused-ring (bicyclic) bond motifs is 1. The molecular formula is C13H18N2. The van der Waals surface area contributed by atoms with Gasteiger partial charge in [-0.2, -0.15) is 0 Å². The lowest BCUT2D eigenvalue weighted by Gasteiger charge is -2.22. The molecule has 2 nitrogen and oxygen atoms in total. The second-order valence-electron chi connectivity index (χ2n) is 4.90. The highest BCUT2D eigenvalue weighted by atomic mass is 15.0. The molecule has 2 heteroatoms. The van der Waals surface area contributed by atoms with Gasteiger partial charge in [-0.15, -0.1) is 0 Å². The SMILES string of the molecule is CCc1nccc2c1ccn2C(C)(C)C. The molecule has 0 saturated carbocycles. The fourth-order valence-corrected chi connectivity index (χ4v) is 1.99. The Bertz CT molecular complexity index is 475. The smallest absolute Gasteiger partial charge is 0.0519 e. The first-order valence-corrected chi connectivity index (χ1v) is 5.49. The van der Waals surface area contributed by atoms with Gasteiger partial charge in [-0.3, -0.25) is 4.98 Å². The van der Waals surface area contributed by atoms with E-state index in [0.29, 0.717) is 0 Å². The summed E-state index contributed by atoms with van der Waals surface area (Å²) in [6.45, 7) is 8.81. The molecule has 15 heavy (non-hydrogen) atoms. The standard InChI is InChI=1S/C13H18N2/c1-5-11-10-7-9-15(13(2,3)4)12(10)6-8-14-11/h6-9H,5H2,1-4H3. The molecule has 0 aliphatic heterocycles. The lowest BCUT2D eigenvalue weighted by atomic mass is 10.1. The molecule has 0 N–H and O–H groups in total. The molecule has 0 spiro atoms. The van der Waals surface area contributed by atoms with Crippen LogP contribution in [0.25, 0.3) is 10.9 Å². The Hall–Kier alpha value is -1.31. The number of nitrogens with zero attached hydrogens (tertiary/aromatic N) is 2. The summed E-state index contributed by atoms with van der Waals surface area (Å²) in [5.74, 6) is 0.